The topological polar surface area (TPSA) is 84.4 Å². The summed E-state index contributed by atoms with van der Waals surface area (Å²) in [5.41, 5.74) is 1.90. The Morgan fingerprint density at radius 2 is 2.00 bits per heavy atom. The van der Waals surface area contributed by atoms with Crippen LogP contribution in [-0.4, -0.2) is 44.9 Å². The number of carbonyl (C=O) groups excluding carboxylic acids is 2. The van der Waals surface area contributed by atoms with Crippen LogP contribution in [0.1, 0.15) is 24.0 Å². The molecule has 1 fully saturated rings. The molecule has 36 heavy (non-hydrogen) atoms. The highest BCUT2D eigenvalue weighted by Crippen LogP contribution is 2.33. The van der Waals surface area contributed by atoms with Gasteiger partial charge in [0.05, 0.1) is 12.0 Å². The molecule has 2 aromatic carbocycles. The van der Waals surface area contributed by atoms with Crippen LogP contribution in [0.3, 0.4) is 0 Å². The highest BCUT2D eigenvalue weighted by Gasteiger charge is 2.31. The largest absolute Gasteiger partial charge is 0.497 e. The summed E-state index contributed by atoms with van der Waals surface area (Å²) in [7, 11) is 1.61. The number of anilines is 1. The maximum absolute atomic E-state index is 12.8. The lowest BCUT2D eigenvalue weighted by atomic mass is 10.2. The van der Waals surface area contributed by atoms with Gasteiger partial charge in [0, 0.05) is 23.7 Å². The Kier molecular flexibility index (Phi) is 9.38. The number of thiocarbonyl (C=S) groups is 1. The second-order valence-corrected chi connectivity index (χ2v) is 11.8. The molecule has 1 aliphatic heterocycles. The molecule has 4 rings (SSSR count). The lowest BCUT2D eigenvalue weighted by molar-refractivity contribution is -0.122. The summed E-state index contributed by atoms with van der Waals surface area (Å²) >= 11 is 15.7. The average molecular weight is 577 g/mol. The van der Waals surface area contributed by atoms with E-state index in [2.05, 4.69) is 15.5 Å². The molecular formula is C24H21ClN4O3S4. The lowest BCUT2D eigenvalue weighted by Crippen LogP contribution is -2.29. The zero-order chi connectivity index (χ0) is 25.5. The summed E-state index contributed by atoms with van der Waals surface area (Å²) in [4.78, 5) is 27.3. The third-order valence-electron chi connectivity index (χ3n) is 5.03. The first-order chi connectivity index (χ1) is 17.4. The number of carbonyl (C=O) groups is 2. The van der Waals surface area contributed by atoms with Crippen LogP contribution in [0, 0.1) is 0 Å². The molecule has 186 valence electrons. The van der Waals surface area contributed by atoms with Gasteiger partial charge in [0.15, 0.2) is 4.34 Å². The minimum atomic E-state index is -0.187. The monoisotopic (exact) mass is 576 g/mol. The predicted molar refractivity (Wildman–Crippen MR) is 152 cm³/mol. The molecule has 1 saturated heterocycles. The first-order valence-electron chi connectivity index (χ1n) is 10.8. The number of nitrogens with zero attached hydrogens (tertiary/aromatic N) is 3. The summed E-state index contributed by atoms with van der Waals surface area (Å²) in [5.74, 6) is 1.08. The van der Waals surface area contributed by atoms with Crippen LogP contribution in [0.2, 0.25) is 5.02 Å². The average Bonchev–Trinajstić information content (AvgIpc) is 3.43. The Hall–Kier alpha value is -2.44. The summed E-state index contributed by atoms with van der Waals surface area (Å²) < 4.78 is 6.39. The Morgan fingerprint density at radius 1 is 1.22 bits per heavy atom. The van der Waals surface area contributed by atoms with Gasteiger partial charge in [-0.3, -0.25) is 14.5 Å². The smallest absolute Gasteiger partial charge is 0.266 e. The van der Waals surface area contributed by atoms with Crippen LogP contribution in [0.25, 0.3) is 6.08 Å². The van der Waals surface area contributed by atoms with Crippen molar-refractivity contribution in [2.75, 3.05) is 19.0 Å². The SMILES string of the molecule is COc1ccc(/C=C2\SC(=S)N(CCCC(=O)Nc3nnc(SCc4ccccc4Cl)s3)C2=O)cc1. The number of ether oxygens (including phenoxy) is 1. The summed E-state index contributed by atoms with van der Waals surface area (Å²) in [6.07, 6.45) is 2.51. The van der Waals surface area contributed by atoms with Gasteiger partial charge in [-0.25, -0.2) is 0 Å². The number of benzene rings is 2. The maximum atomic E-state index is 12.8. The molecule has 1 aromatic heterocycles. The Balaban J connectivity index is 1.23. The van der Waals surface area contributed by atoms with Crippen LogP contribution in [0.15, 0.2) is 57.8 Å². The number of methoxy groups -OCH3 is 1. The molecule has 0 saturated carbocycles. The van der Waals surface area contributed by atoms with Gasteiger partial charge in [-0.05, 0) is 41.8 Å². The molecule has 1 aliphatic rings. The number of amides is 2. The fourth-order valence-electron chi connectivity index (χ4n) is 3.20. The fraction of sp³-hybridized carbons (Fsp3) is 0.208. The number of nitrogens with one attached hydrogen (secondary N) is 1. The molecular weight excluding hydrogens is 556 g/mol. The van der Waals surface area contributed by atoms with Gasteiger partial charge in [0.25, 0.3) is 5.91 Å². The second kappa shape index (κ2) is 12.7. The zero-order valence-corrected chi connectivity index (χ0v) is 23.1. The van der Waals surface area contributed by atoms with E-state index in [0.717, 1.165) is 21.2 Å². The molecule has 0 unspecified atom stereocenters. The predicted octanol–water partition coefficient (Wildman–Crippen LogP) is 6.11. The third-order valence-corrected chi connectivity index (χ3v) is 8.80. The number of hydrogen-bond donors (Lipinski definition) is 1. The van der Waals surface area contributed by atoms with E-state index in [1.807, 2.05) is 54.6 Å². The first kappa shape index (κ1) is 26.6. The van der Waals surface area contributed by atoms with Crippen molar-refractivity contribution < 1.29 is 14.3 Å². The molecule has 7 nitrogen and oxygen atoms in total. The summed E-state index contributed by atoms with van der Waals surface area (Å²) in [5, 5.41) is 12.1. The van der Waals surface area contributed by atoms with Crippen LogP contribution < -0.4 is 10.1 Å². The fourth-order valence-corrected chi connectivity index (χ4v) is 6.56. The van der Waals surface area contributed by atoms with E-state index < -0.39 is 0 Å². The van der Waals surface area contributed by atoms with Crippen molar-refractivity contribution in [2.24, 2.45) is 0 Å². The molecule has 0 atom stereocenters. The van der Waals surface area contributed by atoms with Crippen molar-refractivity contribution in [1.29, 1.82) is 0 Å². The third kappa shape index (κ3) is 7.07. The van der Waals surface area contributed by atoms with E-state index in [1.165, 1.54) is 39.8 Å². The number of halogens is 1. The molecule has 0 spiro atoms. The minimum Gasteiger partial charge on any atom is -0.497 e. The van der Waals surface area contributed by atoms with Crippen molar-refractivity contribution in [2.45, 2.75) is 22.9 Å². The van der Waals surface area contributed by atoms with Gasteiger partial charge in [-0.15, -0.1) is 10.2 Å². The lowest BCUT2D eigenvalue weighted by Gasteiger charge is -2.13. The van der Waals surface area contributed by atoms with Gasteiger partial charge in [-0.1, -0.05) is 89.0 Å². The van der Waals surface area contributed by atoms with Crippen molar-refractivity contribution >= 4 is 86.0 Å². The zero-order valence-electron chi connectivity index (χ0n) is 19.1. The van der Waals surface area contributed by atoms with Crippen LogP contribution in [0.4, 0.5) is 5.13 Å². The minimum absolute atomic E-state index is 0.148. The van der Waals surface area contributed by atoms with Crippen molar-refractivity contribution in [1.82, 2.24) is 15.1 Å². The number of rotatable bonds is 10. The molecule has 1 N–H and O–H groups in total. The van der Waals surface area contributed by atoms with Crippen molar-refractivity contribution in [3.05, 3.63) is 69.6 Å². The van der Waals surface area contributed by atoms with E-state index in [1.54, 1.807) is 7.11 Å². The van der Waals surface area contributed by atoms with Gasteiger partial charge >= 0.3 is 0 Å². The van der Waals surface area contributed by atoms with Gasteiger partial charge < -0.3 is 10.1 Å². The van der Waals surface area contributed by atoms with Crippen LogP contribution >= 0.6 is 58.7 Å². The highest BCUT2D eigenvalue weighted by molar-refractivity contribution is 8.26. The quantitative estimate of drug-likeness (QED) is 0.134. The van der Waals surface area contributed by atoms with Crippen LogP contribution in [0.5, 0.6) is 5.75 Å². The molecule has 2 amide bonds. The Morgan fingerprint density at radius 3 is 2.75 bits per heavy atom. The number of hydrogen-bond acceptors (Lipinski definition) is 9. The standard InChI is InChI=1S/C24H21ClN4O3S4/c1-32-17-10-8-15(9-11-17)13-19-21(31)29(24(33)35-19)12-4-7-20(30)26-22-27-28-23(36-22)34-14-16-5-2-3-6-18(16)25/h2-3,5-6,8-11,13H,4,7,12,14H2,1H3,(H,26,27,30)/b19-13-. The summed E-state index contributed by atoms with van der Waals surface area (Å²) in [6, 6.07) is 15.1. The van der Waals surface area contributed by atoms with Gasteiger partial charge in [-0.2, -0.15) is 0 Å². The molecule has 0 aliphatic carbocycles. The Labute approximate surface area is 231 Å². The van der Waals surface area contributed by atoms with Gasteiger partial charge in [0.1, 0.15) is 10.1 Å². The second-order valence-electron chi connectivity index (χ2n) is 7.51. The molecule has 0 radical (unpaired) electrons. The molecule has 12 heteroatoms. The van der Waals surface area contributed by atoms with Crippen molar-refractivity contribution in [3.8, 4) is 5.75 Å². The maximum Gasteiger partial charge on any atom is 0.266 e. The molecule has 0 bridgehead atoms. The molecule has 2 heterocycles. The number of thioether (sulfide) groups is 2. The number of aromatic nitrogens is 2. The van der Waals surface area contributed by atoms with E-state index in [9.17, 15) is 9.59 Å². The normalized spacial score (nSPS) is 14.5. The highest BCUT2D eigenvalue weighted by atomic mass is 35.5. The van der Waals surface area contributed by atoms with E-state index in [4.69, 9.17) is 28.6 Å². The van der Waals surface area contributed by atoms with Crippen LogP contribution in [-0.2, 0) is 15.3 Å². The first-order valence-corrected chi connectivity index (χ1v) is 14.2. The van der Waals surface area contributed by atoms with E-state index in [0.29, 0.717) is 38.1 Å². The summed E-state index contributed by atoms with van der Waals surface area (Å²) in [6.45, 7) is 0.368. The van der Waals surface area contributed by atoms with E-state index in [-0.39, 0.29) is 18.2 Å². The van der Waals surface area contributed by atoms with Gasteiger partial charge in [0.2, 0.25) is 11.0 Å². The molecule has 3 aromatic rings. The van der Waals surface area contributed by atoms with Crippen molar-refractivity contribution in [3.63, 3.8) is 0 Å². The Bertz CT molecular complexity index is 1300. The van der Waals surface area contributed by atoms with E-state index >= 15 is 0 Å².